The summed E-state index contributed by atoms with van der Waals surface area (Å²) in [5.41, 5.74) is 3.37. The van der Waals surface area contributed by atoms with Crippen LogP contribution in [0.3, 0.4) is 0 Å². The monoisotopic (exact) mass is 605 g/mol. The number of ether oxygens (including phenoxy) is 1. The number of rotatable bonds is 10. The summed E-state index contributed by atoms with van der Waals surface area (Å²) >= 11 is 1.30. The van der Waals surface area contributed by atoms with Crippen LogP contribution in [0.4, 0.5) is 11.4 Å². The molecule has 222 valence electrons. The van der Waals surface area contributed by atoms with Gasteiger partial charge in [-0.05, 0) is 86.2 Å². The van der Waals surface area contributed by atoms with Crippen LogP contribution >= 0.6 is 11.8 Å². The van der Waals surface area contributed by atoms with E-state index < -0.39 is 17.1 Å². The summed E-state index contributed by atoms with van der Waals surface area (Å²) < 4.78 is 5.45. The van der Waals surface area contributed by atoms with Gasteiger partial charge in [-0.25, -0.2) is 4.90 Å². The lowest BCUT2D eigenvalue weighted by atomic mass is 10.1. The summed E-state index contributed by atoms with van der Waals surface area (Å²) in [4.78, 5) is 54.1. The van der Waals surface area contributed by atoms with Crippen LogP contribution in [0.25, 0.3) is 6.08 Å². The first kappa shape index (κ1) is 30.3. The van der Waals surface area contributed by atoms with Crippen molar-refractivity contribution in [2.24, 2.45) is 0 Å². The van der Waals surface area contributed by atoms with Crippen molar-refractivity contribution in [1.82, 2.24) is 5.32 Å². The number of nitrogens with zero attached hydrogens (tertiary/aromatic N) is 1. The van der Waals surface area contributed by atoms with Gasteiger partial charge >= 0.3 is 0 Å². The van der Waals surface area contributed by atoms with E-state index in [0.29, 0.717) is 29.3 Å². The number of nitrogens with one attached hydrogen (secondary N) is 2. The second kappa shape index (κ2) is 13.9. The van der Waals surface area contributed by atoms with Gasteiger partial charge in [-0.3, -0.25) is 19.2 Å². The molecule has 0 radical (unpaired) electrons. The molecule has 2 N–H and O–H groups in total. The van der Waals surface area contributed by atoms with Crippen molar-refractivity contribution in [1.29, 1.82) is 0 Å². The zero-order valence-electron chi connectivity index (χ0n) is 24.3. The Labute approximate surface area is 260 Å². The summed E-state index contributed by atoms with van der Waals surface area (Å²) in [6.07, 6.45) is 1.71. The maximum absolute atomic E-state index is 13.3. The van der Waals surface area contributed by atoms with E-state index in [1.165, 1.54) is 16.7 Å². The lowest BCUT2D eigenvalue weighted by Crippen LogP contribution is -2.31. The summed E-state index contributed by atoms with van der Waals surface area (Å²) in [5, 5.41) is 5.01. The fourth-order valence-electron chi connectivity index (χ4n) is 4.58. The molecule has 0 aromatic heterocycles. The molecule has 0 aliphatic carbocycles. The van der Waals surface area contributed by atoms with Gasteiger partial charge in [0.2, 0.25) is 11.8 Å². The van der Waals surface area contributed by atoms with Gasteiger partial charge in [-0.1, -0.05) is 48.0 Å². The van der Waals surface area contributed by atoms with Crippen LogP contribution < -0.4 is 20.3 Å². The summed E-state index contributed by atoms with van der Waals surface area (Å²) in [6, 6.07) is 30.1. The molecule has 9 heteroatoms. The maximum atomic E-state index is 13.3. The number of imide groups is 1. The number of aryl methyl sites for hydroxylation is 1. The number of anilines is 2. The van der Waals surface area contributed by atoms with E-state index in [1.807, 2.05) is 44.2 Å². The first-order valence-corrected chi connectivity index (χ1v) is 15.0. The molecule has 1 aliphatic rings. The number of hydrogen-bond acceptors (Lipinski definition) is 6. The van der Waals surface area contributed by atoms with E-state index in [9.17, 15) is 19.2 Å². The number of thioether (sulfide) groups is 1. The molecular weight excluding hydrogens is 574 g/mol. The van der Waals surface area contributed by atoms with Gasteiger partial charge in [0.05, 0.1) is 17.5 Å². The molecule has 0 saturated carbocycles. The Bertz CT molecular complexity index is 1690. The van der Waals surface area contributed by atoms with Crippen molar-refractivity contribution in [2.45, 2.75) is 30.4 Å². The van der Waals surface area contributed by atoms with Crippen LogP contribution in [0.2, 0.25) is 0 Å². The van der Waals surface area contributed by atoms with E-state index in [1.54, 1.807) is 78.9 Å². The highest BCUT2D eigenvalue weighted by molar-refractivity contribution is 8.00. The third-order valence-corrected chi connectivity index (χ3v) is 8.02. The quantitative estimate of drug-likeness (QED) is 0.164. The van der Waals surface area contributed by atoms with E-state index in [-0.39, 0.29) is 23.9 Å². The third-order valence-electron chi connectivity index (χ3n) is 6.82. The summed E-state index contributed by atoms with van der Waals surface area (Å²) in [5.74, 6) is -0.754. The minimum Gasteiger partial charge on any atom is -0.494 e. The normalized spacial score (nSPS) is 14.8. The van der Waals surface area contributed by atoms with Gasteiger partial charge in [0, 0.05) is 22.6 Å². The average Bonchev–Trinajstić information content (AvgIpc) is 3.31. The maximum Gasteiger partial charge on any atom is 0.272 e. The number of carbonyl (C=O) groups excluding carboxylic acids is 4. The SMILES string of the molecule is CCOc1ccc(N2C(=O)CC(Sc3ccc(NC(=O)/C(=C/c4ccc(C)cc4)NC(=O)c4ccccc4)cc3)C2=O)cc1. The first-order chi connectivity index (χ1) is 21.3. The molecule has 44 heavy (non-hydrogen) atoms. The number of hydrogen-bond donors (Lipinski definition) is 2. The van der Waals surface area contributed by atoms with E-state index >= 15 is 0 Å². The molecule has 4 aromatic rings. The van der Waals surface area contributed by atoms with Crippen molar-refractivity contribution in [3.8, 4) is 5.75 Å². The van der Waals surface area contributed by atoms with Crippen LogP contribution in [-0.2, 0) is 14.4 Å². The molecule has 5 rings (SSSR count). The standard InChI is InChI=1S/C35H31N3O5S/c1-3-43-28-17-15-27(16-18-28)38-32(39)22-31(35(38)42)44-29-19-13-26(14-20-29)36-34(41)30(21-24-11-9-23(2)10-12-24)37-33(40)25-7-5-4-6-8-25/h4-21,31H,3,22H2,1-2H3,(H,36,41)(H,37,40)/b30-21-. The zero-order chi connectivity index (χ0) is 31.1. The fraction of sp³-hybridized carbons (Fsp3) is 0.143. The highest BCUT2D eigenvalue weighted by Crippen LogP contribution is 2.35. The lowest BCUT2D eigenvalue weighted by molar-refractivity contribution is -0.121. The third kappa shape index (κ3) is 7.43. The molecule has 1 aliphatic heterocycles. The molecule has 1 atom stereocenters. The largest absolute Gasteiger partial charge is 0.494 e. The first-order valence-electron chi connectivity index (χ1n) is 14.1. The van der Waals surface area contributed by atoms with Crippen LogP contribution in [0, 0.1) is 6.92 Å². The Kier molecular flexibility index (Phi) is 9.56. The minimum absolute atomic E-state index is 0.0868. The van der Waals surface area contributed by atoms with Gasteiger partial charge < -0.3 is 15.4 Å². The lowest BCUT2D eigenvalue weighted by Gasteiger charge is -2.15. The van der Waals surface area contributed by atoms with E-state index in [2.05, 4.69) is 10.6 Å². The molecule has 1 heterocycles. The molecule has 1 fully saturated rings. The number of benzene rings is 4. The smallest absolute Gasteiger partial charge is 0.272 e. The predicted molar refractivity (Wildman–Crippen MR) is 173 cm³/mol. The van der Waals surface area contributed by atoms with Gasteiger partial charge in [-0.15, -0.1) is 11.8 Å². The molecule has 4 amide bonds. The Morgan fingerprint density at radius 1 is 0.909 bits per heavy atom. The summed E-state index contributed by atoms with van der Waals surface area (Å²) in [7, 11) is 0. The van der Waals surface area contributed by atoms with Crippen molar-refractivity contribution >= 4 is 52.8 Å². The number of amides is 4. The van der Waals surface area contributed by atoms with Gasteiger partial charge in [0.1, 0.15) is 11.4 Å². The Morgan fingerprint density at radius 3 is 2.25 bits per heavy atom. The highest BCUT2D eigenvalue weighted by atomic mass is 32.2. The van der Waals surface area contributed by atoms with Crippen LogP contribution in [0.1, 0.15) is 34.8 Å². The molecule has 8 nitrogen and oxygen atoms in total. The Hall–Kier alpha value is -5.15. The molecule has 0 spiro atoms. The van der Waals surface area contributed by atoms with Crippen molar-refractivity contribution in [3.05, 3.63) is 126 Å². The zero-order valence-corrected chi connectivity index (χ0v) is 25.1. The average molecular weight is 606 g/mol. The molecule has 0 bridgehead atoms. The van der Waals surface area contributed by atoms with Gasteiger partial charge in [-0.2, -0.15) is 0 Å². The van der Waals surface area contributed by atoms with E-state index in [0.717, 1.165) is 16.0 Å². The van der Waals surface area contributed by atoms with Crippen molar-refractivity contribution in [2.75, 3.05) is 16.8 Å². The molecule has 4 aromatic carbocycles. The number of carbonyl (C=O) groups is 4. The topological polar surface area (TPSA) is 105 Å². The summed E-state index contributed by atoms with van der Waals surface area (Å²) in [6.45, 7) is 4.38. The van der Waals surface area contributed by atoms with Crippen LogP contribution in [-0.4, -0.2) is 35.5 Å². The minimum atomic E-state index is -0.563. The van der Waals surface area contributed by atoms with Gasteiger partial charge in [0.15, 0.2) is 0 Å². The Balaban J connectivity index is 1.26. The van der Waals surface area contributed by atoms with Gasteiger partial charge in [0.25, 0.3) is 11.8 Å². The van der Waals surface area contributed by atoms with Crippen LogP contribution in [0.15, 0.2) is 114 Å². The molecule has 1 unspecified atom stereocenters. The highest BCUT2D eigenvalue weighted by Gasteiger charge is 2.40. The van der Waals surface area contributed by atoms with Crippen molar-refractivity contribution < 1.29 is 23.9 Å². The van der Waals surface area contributed by atoms with Crippen LogP contribution in [0.5, 0.6) is 5.75 Å². The van der Waals surface area contributed by atoms with Crippen molar-refractivity contribution in [3.63, 3.8) is 0 Å². The fourth-order valence-corrected chi connectivity index (χ4v) is 5.63. The predicted octanol–water partition coefficient (Wildman–Crippen LogP) is 6.23. The second-order valence-electron chi connectivity index (χ2n) is 10.1. The van der Waals surface area contributed by atoms with E-state index in [4.69, 9.17) is 4.74 Å². The Morgan fingerprint density at radius 2 is 1.59 bits per heavy atom. The molecule has 1 saturated heterocycles. The second-order valence-corrected chi connectivity index (χ2v) is 11.3. The molecular formula is C35H31N3O5S.